The van der Waals surface area contributed by atoms with Crippen LogP contribution in [0.4, 0.5) is 5.69 Å². The third-order valence-electron chi connectivity index (χ3n) is 5.30. The van der Waals surface area contributed by atoms with Crippen LogP contribution in [0.15, 0.2) is 23.6 Å². The Morgan fingerprint density at radius 1 is 1.28 bits per heavy atom. The number of amides is 2. The average molecular weight is 415 g/mol. The van der Waals surface area contributed by atoms with Crippen LogP contribution in [0.25, 0.3) is 0 Å². The quantitative estimate of drug-likeness (QED) is 0.786. The van der Waals surface area contributed by atoms with Crippen LogP contribution in [0.5, 0.6) is 5.75 Å². The van der Waals surface area contributed by atoms with Crippen LogP contribution in [-0.4, -0.2) is 54.5 Å². The number of carbonyl (C=O) groups excluding carboxylic acids is 2. The van der Waals surface area contributed by atoms with E-state index in [4.69, 9.17) is 4.74 Å². The highest BCUT2D eigenvalue weighted by atomic mass is 32.1. The largest absolute Gasteiger partial charge is 0.482 e. The van der Waals surface area contributed by atoms with Gasteiger partial charge in [0.05, 0.1) is 12.2 Å². The molecule has 2 amide bonds. The van der Waals surface area contributed by atoms with Gasteiger partial charge in [0, 0.05) is 18.5 Å². The van der Waals surface area contributed by atoms with Crippen LogP contribution in [0.3, 0.4) is 0 Å². The molecular formula is C21H26N4O3S. The average Bonchev–Trinajstić information content (AvgIpc) is 3.20. The van der Waals surface area contributed by atoms with Crippen molar-refractivity contribution >= 4 is 28.8 Å². The molecule has 2 aromatic rings. The second kappa shape index (κ2) is 8.92. The van der Waals surface area contributed by atoms with Crippen LogP contribution in [0, 0.1) is 6.92 Å². The molecule has 4 rings (SSSR count). The monoisotopic (exact) mass is 414 g/mol. The molecule has 1 N–H and O–H groups in total. The lowest BCUT2D eigenvalue weighted by Gasteiger charge is -2.28. The number of nitrogens with zero attached hydrogens (tertiary/aromatic N) is 3. The minimum atomic E-state index is -0.158. The summed E-state index contributed by atoms with van der Waals surface area (Å²) in [6.07, 6.45) is 3.79. The fourth-order valence-electron chi connectivity index (χ4n) is 3.71. The van der Waals surface area contributed by atoms with Crippen LogP contribution in [-0.2, 0) is 11.3 Å². The third-order valence-corrected chi connectivity index (χ3v) is 6.13. The van der Waals surface area contributed by atoms with E-state index in [0.717, 1.165) is 35.9 Å². The Kier molecular flexibility index (Phi) is 6.10. The first-order valence-electron chi connectivity index (χ1n) is 10.1. The number of ether oxygens (including phenoxy) is 1. The predicted octanol–water partition coefficient (Wildman–Crippen LogP) is 2.59. The van der Waals surface area contributed by atoms with Gasteiger partial charge in [0.25, 0.3) is 11.8 Å². The highest BCUT2D eigenvalue weighted by Crippen LogP contribution is 2.34. The van der Waals surface area contributed by atoms with E-state index in [1.807, 2.05) is 25.1 Å². The number of likely N-dealkylation sites (tertiary alicyclic amines) is 1. The molecule has 2 aliphatic rings. The lowest BCUT2D eigenvalue weighted by atomic mass is 10.1. The lowest BCUT2D eigenvalue weighted by molar-refractivity contribution is -0.121. The molecule has 29 heavy (non-hydrogen) atoms. The molecule has 1 aromatic heterocycles. The van der Waals surface area contributed by atoms with Crippen molar-refractivity contribution in [1.82, 2.24) is 15.2 Å². The van der Waals surface area contributed by atoms with Crippen LogP contribution >= 0.6 is 11.3 Å². The molecule has 0 bridgehead atoms. The van der Waals surface area contributed by atoms with Crippen molar-refractivity contribution < 1.29 is 14.3 Å². The highest BCUT2D eigenvalue weighted by molar-refractivity contribution is 7.09. The van der Waals surface area contributed by atoms with E-state index >= 15 is 0 Å². The van der Waals surface area contributed by atoms with Crippen molar-refractivity contribution in [3.05, 3.63) is 39.8 Å². The number of hydrogen-bond acceptors (Lipinski definition) is 6. The minimum absolute atomic E-state index is 0.0195. The highest BCUT2D eigenvalue weighted by Gasteiger charge is 2.26. The fourth-order valence-corrected chi connectivity index (χ4v) is 4.47. The smallest absolute Gasteiger partial charge is 0.270 e. The molecule has 3 heterocycles. The predicted molar refractivity (Wildman–Crippen MR) is 113 cm³/mol. The van der Waals surface area contributed by atoms with Crippen molar-refractivity contribution in [3.8, 4) is 5.75 Å². The van der Waals surface area contributed by atoms with Crippen LogP contribution in [0.1, 0.15) is 40.3 Å². The first-order chi connectivity index (χ1) is 14.1. The summed E-state index contributed by atoms with van der Waals surface area (Å²) in [6.45, 7) is 6.08. The molecule has 0 unspecified atom stereocenters. The zero-order valence-electron chi connectivity index (χ0n) is 16.6. The second-order valence-corrected chi connectivity index (χ2v) is 8.47. The molecule has 1 saturated heterocycles. The summed E-state index contributed by atoms with van der Waals surface area (Å²) in [5.41, 5.74) is 2.24. The number of benzene rings is 1. The summed E-state index contributed by atoms with van der Waals surface area (Å²) in [6, 6.07) is 5.78. The Morgan fingerprint density at radius 3 is 2.93 bits per heavy atom. The van der Waals surface area contributed by atoms with Gasteiger partial charge in [-0.05, 0) is 50.6 Å². The van der Waals surface area contributed by atoms with Crippen molar-refractivity contribution in [3.63, 3.8) is 0 Å². The van der Waals surface area contributed by atoms with E-state index < -0.39 is 0 Å². The molecule has 0 spiro atoms. The third kappa shape index (κ3) is 4.76. The Labute approximate surface area is 174 Å². The number of aromatic nitrogens is 1. The maximum atomic E-state index is 12.4. The van der Waals surface area contributed by atoms with Crippen molar-refractivity contribution in [1.29, 1.82) is 0 Å². The van der Waals surface area contributed by atoms with Gasteiger partial charge in [-0.25, -0.2) is 4.98 Å². The van der Waals surface area contributed by atoms with E-state index in [2.05, 4.69) is 15.2 Å². The summed E-state index contributed by atoms with van der Waals surface area (Å²) >= 11 is 1.40. The summed E-state index contributed by atoms with van der Waals surface area (Å²) in [5.74, 6) is 0.440. The Bertz CT molecular complexity index is 892. The first kappa shape index (κ1) is 19.8. The summed E-state index contributed by atoms with van der Waals surface area (Å²) in [5, 5.41) is 5.44. The number of carbonyl (C=O) groups is 2. The van der Waals surface area contributed by atoms with Gasteiger partial charge in [0.1, 0.15) is 16.5 Å². The van der Waals surface area contributed by atoms with Gasteiger partial charge in [0.2, 0.25) is 0 Å². The molecule has 1 aromatic carbocycles. The van der Waals surface area contributed by atoms with E-state index in [9.17, 15) is 9.59 Å². The molecule has 154 valence electrons. The summed E-state index contributed by atoms with van der Waals surface area (Å²) in [4.78, 5) is 33.3. The number of rotatable bonds is 6. The molecule has 0 aliphatic carbocycles. The van der Waals surface area contributed by atoms with E-state index in [-0.39, 0.29) is 18.4 Å². The number of nitrogens with one attached hydrogen (secondary N) is 1. The van der Waals surface area contributed by atoms with Crippen LogP contribution in [0.2, 0.25) is 0 Å². The number of fused-ring (bicyclic) bond motifs is 1. The van der Waals surface area contributed by atoms with Gasteiger partial charge in [0.15, 0.2) is 6.61 Å². The Morgan fingerprint density at radius 2 is 2.10 bits per heavy atom. The fraction of sp³-hybridized carbons (Fsp3) is 0.476. The molecule has 1 fully saturated rings. The molecular weight excluding hydrogens is 388 g/mol. The van der Waals surface area contributed by atoms with Crippen LogP contribution < -0.4 is 15.0 Å². The summed E-state index contributed by atoms with van der Waals surface area (Å²) in [7, 11) is 0. The van der Waals surface area contributed by atoms with Gasteiger partial charge in [-0.15, -0.1) is 11.3 Å². The number of aryl methyl sites for hydroxylation is 1. The van der Waals surface area contributed by atoms with Gasteiger partial charge in [-0.1, -0.05) is 12.5 Å². The maximum absolute atomic E-state index is 12.4. The molecule has 2 aliphatic heterocycles. The number of piperidine rings is 1. The van der Waals surface area contributed by atoms with Gasteiger partial charge >= 0.3 is 0 Å². The topological polar surface area (TPSA) is 74.8 Å². The van der Waals surface area contributed by atoms with Gasteiger partial charge < -0.3 is 15.0 Å². The van der Waals surface area contributed by atoms with E-state index in [1.165, 1.54) is 30.6 Å². The van der Waals surface area contributed by atoms with Crippen molar-refractivity contribution in [2.24, 2.45) is 0 Å². The Balaban J connectivity index is 1.35. The SMILES string of the molecule is Cc1ccc2c(c1)OCC(=O)N2Cc1nc(C(=O)NCCN2CCCCC2)cs1. The number of anilines is 1. The van der Waals surface area contributed by atoms with Crippen molar-refractivity contribution in [2.45, 2.75) is 32.7 Å². The molecule has 0 saturated carbocycles. The normalized spacial score (nSPS) is 17.0. The second-order valence-electron chi connectivity index (χ2n) is 7.52. The first-order valence-corrected chi connectivity index (χ1v) is 11.0. The zero-order valence-corrected chi connectivity index (χ0v) is 17.5. The minimum Gasteiger partial charge on any atom is -0.482 e. The maximum Gasteiger partial charge on any atom is 0.270 e. The van der Waals surface area contributed by atoms with E-state index in [0.29, 0.717) is 24.5 Å². The number of thiazole rings is 1. The molecule has 0 atom stereocenters. The molecule has 0 radical (unpaired) electrons. The standard InChI is InChI=1S/C21H26N4O3S/c1-15-5-6-17-18(11-15)28-13-20(26)25(17)12-19-23-16(14-29-19)21(27)22-7-10-24-8-3-2-4-9-24/h5-6,11,14H,2-4,7-10,12-13H2,1H3,(H,22,27). The molecule has 7 nitrogen and oxygen atoms in total. The summed E-state index contributed by atoms with van der Waals surface area (Å²) < 4.78 is 5.55. The van der Waals surface area contributed by atoms with E-state index in [1.54, 1.807) is 10.3 Å². The Hall–Kier alpha value is -2.45. The van der Waals surface area contributed by atoms with Crippen molar-refractivity contribution in [2.75, 3.05) is 37.7 Å². The van der Waals surface area contributed by atoms with Gasteiger partial charge in [-0.3, -0.25) is 14.5 Å². The number of hydrogen-bond donors (Lipinski definition) is 1. The molecule has 8 heteroatoms. The van der Waals surface area contributed by atoms with Gasteiger partial charge in [-0.2, -0.15) is 0 Å². The lowest BCUT2D eigenvalue weighted by Crippen LogP contribution is -2.38. The zero-order chi connectivity index (χ0) is 20.2.